The normalized spacial score (nSPS) is 20.5. The minimum atomic E-state index is -0.736. The van der Waals surface area contributed by atoms with E-state index >= 15 is 0 Å². The number of carbonyl (C=O) groups excluding carboxylic acids is 1. The third kappa shape index (κ3) is 5.09. The highest BCUT2D eigenvalue weighted by molar-refractivity contribution is 5.94. The fourth-order valence-electron chi connectivity index (χ4n) is 3.43. The molecule has 1 unspecified atom stereocenters. The smallest absolute Gasteiger partial charge is 0.306 e. The summed E-state index contributed by atoms with van der Waals surface area (Å²) in [6.07, 6.45) is 2.57. The number of amides is 1. The topological polar surface area (TPSA) is 75.6 Å². The summed E-state index contributed by atoms with van der Waals surface area (Å²) in [6, 6.07) is 17.1. The van der Waals surface area contributed by atoms with Gasteiger partial charge in [0.05, 0.1) is 5.92 Å². The molecule has 0 radical (unpaired) electrons. The summed E-state index contributed by atoms with van der Waals surface area (Å²) in [4.78, 5) is 23.4. The van der Waals surface area contributed by atoms with Crippen molar-refractivity contribution in [2.45, 2.75) is 44.8 Å². The molecular weight excluding hydrogens is 342 g/mol. The second-order valence-corrected chi connectivity index (χ2v) is 7.06. The van der Waals surface area contributed by atoms with Crippen molar-refractivity contribution >= 4 is 11.9 Å². The number of ether oxygens (including phenoxy) is 1. The van der Waals surface area contributed by atoms with Crippen LogP contribution in [0.25, 0.3) is 0 Å². The molecule has 2 aromatic rings. The zero-order valence-corrected chi connectivity index (χ0v) is 15.4. The monoisotopic (exact) mass is 367 g/mol. The summed E-state index contributed by atoms with van der Waals surface area (Å²) < 4.78 is 5.93. The predicted molar refractivity (Wildman–Crippen MR) is 103 cm³/mol. The first-order valence-corrected chi connectivity index (χ1v) is 9.38. The number of carboxylic acids is 1. The molecule has 142 valence electrons. The lowest BCUT2D eigenvalue weighted by atomic mass is 9.86. The molecule has 5 heteroatoms. The van der Waals surface area contributed by atoms with E-state index in [1.807, 2.05) is 37.3 Å². The van der Waals surface area contributed by atoms with Gasteiger partial charge in [-0.05, 0) is 62.4 Å². The van der Waals surface area contributed by atoms with Crippen molar-refractivity contribution in [3.05, 3.63) is 65.7 Å². The molecule has 0 saturated heterocycles. The highest BCUT2D eigenvalue weighted by Gasteiger charge is 2.26. The molecule has 2 aromatic carbocycles. The molecule has 1 saturated carbocycles. The van der Waals surface area contributed by atoms with Crippen molar-refractivity contribution in [1.82, 2.24) is 5.32 Å². The number of aliphatic carboxylic acids is 1. The summed E-state index contributed by atoms with van der Waals surface area (Å²) in [7, 11) is 0. The quantitative estimate of drug-likeness (QED) is 0.802. The average Bonchev–Trinajstić information content (AvgIpc) is 2.69. The molecule has 1 atom stereocenters. The Morgan fingerprint density at radius 3 is 2.22 bits per heavy atom. The molecule has 1 aliphatic carbocycles. The fourth-order valence-corrected chi connectivity index (χ4v) is 3.43. The van der Waals surface area contributed by atoms with Crippen LogP contribution in [0.3, 0.4) is 0 Å². The van der Waals surface area contributed by atoms with Crippen LogP contribution >= 0.6 is 0 Å². The molecule has 3 rings (SSSR count). The molecule has 2 N–H and O–H groups in total. The van der Waals surface area contributed by atoms with E-state index in [2.05, 4.69) is 5.32 Å². The standard InChI is InChI=1S/C22H25NO4/c1-15(16-5-3-2-4-6-16)27-20-13-9-17(10-14-20)21(24)23-19-11-7-18(8-12-19)22(25)26/h2-6,9-10,13-15,18-19H,7-8,11-12H2,1H3,(H,23,24)(H,25,26). The van der Waals surface area contributed by atoms with Gasteiger partial charge in [0.1, 0.15) is 11.9 Å². The van der Waals surface area contributed by atoms with Crippen LogP contribution in [-0.2, 0) is 4.79 Å². The molecule has 0 aromatic heterocycles. The molecular formula is C22H25NO4. The first-order valence-electron chi connectivity index (χ1n) is 9.38. The van der Waals surface area contributed by atoms with Crippen molar-refractivity contribution in [2.24, 2.45) is 5.92 Å². The summed E-state index contributed by atoms with van der Waals surface area (Å²) >= 11 is 0. The van der Waals surface area contributed by atoms with Crippen molar-refractivity contribution < 1.29 is 19.4 Å². The van der Waals surface area contributed by atoms with Crippen LogP contribution in [0.2, 0.25) is 0 Å². The summed E-state index contributed by atoms with van der Waals surface area (Å²) in [5, 5.41) is 12.1. The number of hydrogen-bond acceptors (Lipinski definition) is 3. The Morgan fingerprint density at radius 1 is 1.00 bits per heavy atom. The Kier molecular flexibility index (Phi) is 6.12. The molecule has 1 amide bonds. The van der Waals surface area contributed by atoms with Gasteiger partial charge in [0.2, 0.25) is 0 Å². The fraction of sp³-hybridized carbons (Fsp3) is 0.364. The molecule has 27 heavy (non-hydrogen) atoms. The second-order valence-electron chi connectivity index (χ2n) is 7.06. The minimum absolute atomic E-state index is 0.0436. The first-order chi connectivity index (χ1) is 13.0. The summed E-state index contributed by atoms with van der Waals surface area (Å²) in [5.41, 5.74) is 1.67. The summed E-state index contributed by atoms with van der Waals surface area (Å²) in [5.74, 6) is -0.428. The van der Waals surface area contributed by atoms with Crippen LogP contribution in [0, 0.1) is 5.92 Å². The highest BCUT2D eigenvalue weighted by atomic mass is 16.5. The van der Waals surface area contributed by atoms with E-state index in [1.165, 1.54) is 0 Å². The Labute approximate surface area is 159 Å². The Morgan fingerprint density at radius 2 is 1.63 bits per heavy atom. The van der Waals surface area contributed by atoms with E-state index < -0.39 is 5.97 Å². The third-order valence-electron chi connectivity index (χ3n) is 5.11. The lowest BCUT2D eigenvalue weighted by molar-refractivity contribution is -0.142. The van der Waals surface area contributed by atoms with E-state index in [9.17, 15) is 9.59 Å². The van der Waals surface area contributed by atoms with Gasteiger partial charge in [-0.2, -0.15) is 0 Å². The lowest BCUT2D eigenvalue weighted by Crippen LogP contribution is -2.38. The van der Waals surface area contributed by atoms with Gasteiger partial charge in [-0.3, -0.25) is 9.59 Å². The lowest BCUT2D eigenvalue weighted by Gasteiger charge is -2.26. The minimum Gasteiger partial charge on any atom is -0.486 e. The highest BCUT2D eigenvalue weighted by Crippen LogP contribution is 2.25. The van der Waals surface area contributed by atoms with Gasteiger partial charge in [-0.15, -0.1) is 0 Å². The zero-order valence-electron chi connectivity index (χ0n) is 15.4. The van der Waals surface area contributed by atoms with Crippen molar-refractivity contribution in [3.8, 4) is 5.75 Å². The average molecular weight is 367 g/mol. The Bertz CT molecular complexity index is 765. The van der Waals surface area contributed by atoms with E-state index in [0.29, 0.717) is 37.0 Å². The van der Waals surface area contributed by atoms with Gasteiger partial charge in [-0.25, -0.2) is 0 Å². The maximum Gasteiger partial charge on any atom is 0.306 e. The molecule has 1 fully saturated rings. The van der Waals surface area contributed by atoms with E-state index in [1.54, 1.807) is 24.3 Å². The van der Waals surface area contributed by atoms with Gasteiger partial charge < -0.3 is 15.2 Å². The van der Waals surface area contributed by atoms with Gasteiger partial charge in [0, 0.05) is 11.6 Å². The molecule has 0 spiro atoms. The van der Waals surface area contributed by atoms with E-state index in [-0.39, 0.29) is 24.0 Å². The number of rotatable bonds is 6. The number of nitrogens with one attached hydrogen (secondary N) is 1. The van der Waals surface area contributed by atoms with Gasteiger partial charge in [-0.1, -0.05) is 30.3 Å². The number of carboxylic acid groups (broad SMARTS) is 1. The maximum absolute atomic E-state index is 12.4. The van der Waals surface area contributed by atoms with Crippen molar-refractivity contribution in [1.29, 1.82) is 0 Å². The van der Waals surface area contributed by atoms with Crippen LogP contribution in [0.1, 0.15) is 54.6 Å². The molecule has 0 heterocycles. The van der Waals surface area contributed by atoms with Crippen LogP contribution in [0.5, 0.6) is 5.75 Å². The number of hydrogen-bond donors (Lipinski definition) is 2. The first kappa shape index (κ1) is 19.0. The summed E-state index contributed by atoms with van der Waals surface area (Å²) in [6.45, 7) is 1.99. The Balaban J connectivity index is 1.52. The van der Waals surface area contributed by atoms with Crippen LogP contribution < -0.4 is 10.1 Å². The van der Waals surface area contributed by atoms with Crippen LogP contribution in [-0.4, -0.2) is 23.0 Å². The maximum atomic E-state index is 12.4. The number of benzene rings is 2. The van der Waals surface area contributed by atoms with Gasteiger partial charge in [0.25, 0.3) is 5.91 Å². The predicted octanol–water partition coefficient (Wildman–Crippen LogP) is 4.20. The zero-order chi connectivity index (χ0) is 19.2. The molecule has 5 nitrogen and oxygen atoms in total. The van der Waals surface area contributed by atoms with Crippen molar-refractivity contribution in [2.75, 3.05) is 0 Å². The third-order valence-corrected chi connectivity index (χ3v) is 5.11. The van der Waals surface area contributed by atoms with Crippen molar-refractivity contribution in [3.63, 3.8) is 0 Å². The second kappa shape index (κ2) is 8.71. The Hall–Kier alpha value is -2.82. The van der Waals surface area contributed by atoms with E-state index in [0.717, 1.165) is 5.56 Å². The van der Waals surface area contributed by atoms with Gasteiger partial charge >= 0.3 is 5.97 Å². The molecule has 0 bridgehead atoms. The number of carbonyl (C=O) groups is 2. The largest absolute Gasteiger partial charge is 0.486 e. The van der Waals surface area contributed by atoms with Crippen LogP contribution in [0.4, 0.5) is 0 Å². The van der Waals surface area contributed by atoms with Crippen LogP contribution in [0.15, 0.2) is 54.6 Å². The molecule has 0 aliphatic heterocycles. The van der Waals surface area contributed by atoms with E-state index in [4.69, 9.17) is 9.84 Å². The SMILES string of the molecule is CC(Oc1ccc(C(=O)NC2CCC(C(=O)O)CC2)cc1)c1ccccc1. The molecule has 1 aliphatic rings. The van der Waals surface area contributed by atoms with Gasteiger partial charge in [0.15, 0.2) is 0 Å².